The lowest BCUT2D eigenvalue weighted by molar-refractivity contribution is 0.0676. The van der Waals surface area contributed by atoms with Crippen LogP contribution in [0.1, 0.15) is 43.1 Å². The first-order valence-corrected chi connectivity index (χ1v) is 13.6. The molecular weight excluding hydrogens is 529 g/mol. The second-order valence-electron chi connectivity index (χ2n) is 10.2. The molecule has 1 N–H and O–H groups in total. The van der Waals surface area contributed by atoms with Gasteiger partial charge in [0.05, 0.1) is 17.2 Å². The lowest BCUT2D eigenvalue weighted by Crippen LogP contribution is -2.43. The zero-order valence-corrected chi connectivity index (χ0v) is 22.7. The number of carbonyl (C=O) groups is 2. The summed E-state index contributed by atoms with van der Waals surface area (Å²) in [6.45, 7) is 3.05. The highest BCUT2D eigenvalue weighted by Gasteiger charge is 2.32. The number of aromatic nitrogens is 2. The highest BCUT2D eigenvalue weighted by molar-refractivity contribution is 6.31. The predicted octanol–water partition coefficient (Wildman–Crippen LogP) is 5.46. The predicted molar refractivity (Wildman–Crippen MR) is 152 cm³/mol. The molecule has 0 radical (unpaired) electrons. The fourth-order valence-corrected chi connectivity index (χ4v) is 5.58. The number of hydrogen-bond acceptors (Lipinski definition) is 5. The quantitative estimate of drug-likeness (QED) is 0.354. The number of pyridine rings is 2. The molecule has 0 bridgehead atoms. The number of nitrogens with zero attached hydrogens (tertiary/aromatic N) is 4. The van der Waals surface area contributed by atoms with Crippen LogP contribution < -0.4 is 10.2 Å². The van der Waals surface area contributed by atoms with Crippen LogP contribution in [0.15, 0.2) is 73.1 Å². The Morgan fingerprint density at radius 1 is 1.12 bits per heavy atom. The van der Waals surface area contributed by atoms with E-state index < -0.39 is 11.7 Å². The van der Waals surface area contributed by atoms with Gasteiger partial charge in [-0.05, 0) is 72.5 Å². The van der Waals surface area contributed by atoms with Crippen LogP contribution in [0.2, 0.25) is 5.02 Å². The van der Waals surface area contributed by atoms with Crippen molar-refractivity contribution in [2.24, 2.45) is 0 Å². The van der Waals surface area contributed by atoms with Crippen LogP contribution in [0.3, 0.4) is 0 Å². The van der Waals surface area contributed by atoms with E-state index in [1.54, 1.807) is 41.6 Å². The second kappa shape index (κ2) is 10.7. The maximum absolute atomic E-state index is 15.4. The number of anilines is 2. The number of carbonyl (C=O) groups excluding carboxylic acids is 2. The first kappa shape index (κ1) is 26.0. The molecule has 0 saturated heterocycles. The van der Waals surface area contributed by atoms with Gasteiger partial charge in [-0.15, -0.1) is 0 Å². The second-order valence-corrected chi connectivity index (χ2v) is 10.6. The summed E-state index contributed by atoms with van der Waals surface area (Å²) in [5.41, 5.74) is 4.57. The van der Waals surface area contributed by atoms with E-state index in [-0.39, 0.29) is 24.1 Å². The molecule has 1 atom stereocenters. The van der Waals surface area contributed by atoms with Gasteiger partial charge >= 0.3 is 0 Å². The van der Waals surface area contributed by atoms with E-state index in [4.69, 9.17) is 11.6 Å². The van der Waals surface area contributed by atoms with Gasteiger partial charge in [-0.2, -0.15) is 0 Å². The van der Waals surface area contributed by atoms with Crippen molar-refractivity contribution in [3.05, 3.63) is 117 Å². The highest BCUT2D eigenvalue weighted by Crippen LogP contribution is 2.30. The van der Waals surface area contributed by atoms with Crippen LogP contribution in [-0.4, -0.2) is 45.8 Å². The summed E-state index contributed by atoms with van der Waals surface area (Å²) in [5.74, 6) is -0.656. The number of nitrogens with one attached hydrogen (secondary N) is 1. The van der Waals surface area contributed by atoms with Gasteiger partial charge in [0.1, 0.15) is 11.6 Å². The SMILES string of the molecule is Cc1cnc2c(c1)CCN2C(=O)c1ccc(CN2C(=O)c3ccc(Cl)cc3NC[C@H]2Cc2ccccn2)cc1F. The van der Waals surface area contributed by atoms with Gasteiger partial charge in [0.2, 0.25) is 0 Å². The molecule has 40 heavy (non-hydrogen) atoms. The van der Waals surface area contributed by atoms with Gasteiger partial charge in [-0.1, -0.05) is 29.8 Å². The third-order valence-electron chi connectivity index (χ3n) is 7.41. The minimum atomic E-state index is -0.628. The lowest BCUT2D eigenvalue weighted by atomic mass is 10.0. The van der Waals surface area contributed by atoms with E-state index in [1.165, 1.54) is 17.0 Å². The smallest absolute Gasteiger partial charge is 0.262 e. The van der Waals surface area contributed by atoms with Crippen molar-refractivity contribution in [2.75, 3.05) is 23.3 Å². The van der Waals surface area contributed by atoms with E-state index in [0.29, 0.717) is 53.6 Å². The number of halogens is 2. The Balaban J connectivity index is 1.28. The van der Waals surface area contributed by atoms with Crippen LogP contribution in [0.4, 0.5) is 15.9 Å². The molecule has 2 aliphatic heterocycles. The average Bonchev–Trinajstić information content (AvgIpc) is 3.32. The molecule has 2 amide bonds. The Kier molecular flexibility index (Phi) is 6.94. The third-order valence-corrected chi connectivity index (χ3v) is 7.65. The molecule has 0 fully saturated rings. The third kappa shape index (κ3) is 5.02. The van der Waals surface area contributed by atoms with Crippen molar-refractivity contribution in [1.82, 2.24) is 14.9 Å². The Bertz CT molecular complexity index is 1610. The Hall–Kier alpha value is -4.30. The lowest BCUT2D eigenvalue weighted by Gasteiger charge is -2.30. The average molecular weight is 556 g/mol. The van der Waals surface area contributed by atoms with Crippen molar-refractivity contribution < 1.29 is 14.0 Å². The van der Waals surface area contributed by atoms with Crippen LogP contribution >= 0.6 is 11.6 Å². The van der Waals surface area contributed by atoms with Crippen LogP contribution in [-0.2, 0) is 19.4 Å². The van der Waals surface area contributed by atoms with Crippen molar-refractivity contribution in [3.63, 3.8) is 0 Å². The van der Waals surface area contributed by atoms with Crippen molar-refractivity contribution in [2.45, 2.75) is 32.4 Å². The molecule has 0 spiro atoms. The molecule has 6 rings (SSSR count). The van der Waals surface area contributed by atoms with Crippen molar-refractivity contribution >= 4 is 34.9 Å². The van der Waals surface area contributed by atoms with Gasteiger partial charge in [0, 0.05) is 54.9 Å². The van der Waals surface area contributed by atoms with E-state index in [1.807, 2.05) is 31.2 Å². The molecule has 0 aliphatic carbocycles. The van der Waals surface area contributed by atoms with Gasteiger partial charge in [-0.3, -0.25) is 19.5 Å². The van der Waals surface area contributed by atoms with Gasteiger partial charge < -0.3 is 10.2 Å². The first-order valence-electron chi connectivity index (χ1n) is 13.2. The molecule has 0 unspecified atom stereocenters. The summed E-state index contributed by atoms with van der Waals surface area (Å²) < 4.78 is 15.4. The van der Waals surface area contributed by atoms with Crippen molar-refractivity contribution in [3.8, 4) is 0 Å². The Morgan fingerprint density at radius 3 is 2.80 bits per heavy atom. The van der Waals surface area contributed by atoms with Crippen LogP contribution in [0.25, 0.3) is 0 Å². The zero-order valence-electron chi connectivity index (χ0n) is 21.9. The number of benzene rings is 2. The molecule has 7 nitrogen and oxygen atoms in total. The molecule has 2 aromatic heterocycles. The summed E-state index contributed by atoms with van der Waals surface area (Å²) in [6, 6.07) is 17.1. The standard InChI is InChI=1S/C31H27ClFN5O2/c1-19-12-21-9-11-37(29(21)36-16-19)30(39)25-7-5-20(13-27(25)33)18-38-24(15-23-4-2-3-10-34-23)17-35-28-14-22(32)6-8-26(28)31(38)40/h2-8,10,12-14,16,24,35H,9,11,15,17-18H2,1H3/t24-/m1/s1. The van der Waals surface area contributed by atoms with Gasteiger partial charge in [-0.25, -0.2) is 9.37 Å². The summed E-state index contributed by atoms with van der Waals surface area (Å²) in [5, 5.41) is 3.89. The number of fused-ring (bicyclic) bond motifs is 2. The first-order chi connectivity index (χ1) is 19.4. The van der Waals surface area contributed by atoms with Crippen LogP contribution in [0.5, 0.6) is 0 Å². The summed E-state index contributed by atoms with van der Waals surface area (Å²) in [4.78, 5) is 39.2. The summed E-state index contributed by atoms with van der Waals surface area (Å²) in [7, 11) is 0. The monoisotopic (exact) mass is 555 g/mol. The maximum atomic E-state index is 15.4. The Labute approximate surface area is 236 Å². The number of hydrogen-bond donors (Lipinski definition) is 1. The summed E-state index contributed by atoms with van der Waals surface area (Å²) >= 11 is 6.20. The van der Waals surface area contributed by atoms with Crippen LogP contribution in [0, 0.1) is 12.7 Å². The fraction of sp³-hybridized carbons (Fsp3) is 0.226. The molecule has 9 heteroatoms. The van der Waals surface area contributed by atoms with Crippen molar-refractivity contribution in [1.29, 1.82) is 0 Å². The van der Waals surface area contributed by atoms with E-state index >= 15 is 4.39 Å². The Morgan fingerprint density at radius 2 is 2.00 bits per heavy atom. The minimum absolute atomic E-state index is 0.0205. The number of aryl methyl sites for hydroxylation is 1. The molecule has 4 heterocycles. The van der Waals surface area contributed by atoms with Gasteiger partial charge in [0.15, 0.2) is 0 Å². The zero-order chi connectivity index (χ0) is 27.8. The maximum Gasteiger partial charge on any atom is 0.262 e. The molecule has 202 valence electrons. The van der Waals surface area contributed by atoms with E-state index in [2.05, 4.69) is 15.3 Å². The topological polar surface area (TPSA) is 78.4 Å². The molecule has 2 aliphatic rings. The van der Waals surface area contributed by atoms with Gasteiger partial charge in [0.25, 0.3) is 11.8 Å². The fourth-order valence-electron chi connectivity index (χ4n) is 5.41. The number of amides is 2. The molecule has 0 saturated carbocycles. The minimum Gasteiger partial charge on any atom is -0.382 e. The van der Waals surface area contributed by atoms with E-state index in [0.717, 1.165) is 16.8 Å². The number of rotatable bonds is 5. The highest BCUT2D eigenvalue weighted by atomic mass is 35.5. The largest absolute Gasteiger partial charge is 0.382 e. The normalized spacial score (nSPS) is 16.3. The van der Waals surface area contributed by atoms with E-state index in [9.17, 15) is 9.59 Å². The summed E-state index contributed by atoms with van der Waals surface area (Å²) in [6.07, 6.45) is 4.64. The molecule has 2 aromatic carbocycles. The molecule has 4 aromatic rings. The molecular formula is C31H27ClFN5O2.